The van der Waals surface area contributed by atoms with E-state index in [0.29, 0.717) is 37.9 Å². The first-order valence-electron chi connectivity index (χ1n) is 12.6. The van der Waals surface area contributed by atoms with Crippen LogP contribution in [0.5, 0.6) is 5.75 Å². The Labute approximate surface area is 232 Å². The van der Waals surface area contributed by atoms with Crippen molar-refractivity contribution in [1.82, 2.24) is 9.66 Å². The number of aromatic nitrogens is 2. The summed E-state index contributed by atoms with van der Waals surface area (Å²) in [5.74, 6) is 0.661. The molecule has 1 saturated carbocycles. The number of nitriles is 1. The zero-order valence-electron chi connectivity index (χ0n) is 20.9. The lowest BCUT2D eigenvalue weighted by atomic mass is 9.88. The largest absolute Gasteiger partial charge is 0.481 e. The van der Waals surface area contributed by atoms with Gasteiger partial charge in [-0.1, -0.05) is 65.5 Å². The molecule has 10 heteroatoms. The number of fused-ring (bicyclic) bond motifs is 1. The second-order valence-electron chi connectivity index (χ2n) is 9.34. The predicted molar refractivity (Wildman–Crippen MR) is 151 cm³/mol. The van der Waals surface area contributed by atoms with Crippen LogP contribution >= 0.6 is 15.9 Å². The normalized spacial score (nSPS) is 13.9. The Balaban J connectivity index is 1.61. The number of rotatable bonds is 7. The highest BCUT2D eigenvalue weighted by Gasteiger charge is 2.24. The van der Waals surface area contributed by atoms with Crippen LogP contribution in [0.15, 0.2) is 75.0 Å². The molecule has 1 aliphatic carbocycles. The molecule has 0 unspecified atom stereocenters. The molecular weight excluding hydrogens is 562 g/mol. The van der Waals surface area contributed by atoms with Crippen molar-refractivity contribution in [2.75, 3.05) is 0 Å². The summed E-state index contributed by atoms with van der Waals surface area (Å²) in [6, 6.07) is 19.1. The molecule has 0 aliphatic heterocycles. The molecule has 9 nitrogen and oxygen atoms in total. The summed E-state index contributed by atoms with van der Waals surface area (Å²) < 4.78 is 7.72. The minimum absolute atomic E-state index is 0.0132. The predicted octanol–water partition coefficient (Wildman–Crippen LogP) is 6.45. The third kappa shape index (κ3) is 5.59. The van der Waals surface area contributed by atoms with Crippen LogP contribution in [0, 0.1) is 21.4 Å². The summed E-state index contributed by atoms with van der Waals surface area (Å²) in [6.45, 7) is -0.0577. The fraction of sp³-hybridized carbons (Fsp3) is 0.241. The first-order chi connectivity index (χ1) is 19.0. The zero-order valence-corrected chi connectivity index (χ0v) is 22.5. The second kappa shape index (κ2) is 11.6. The lowest BCUT2D eigenvalue weighted by molar-refractivity contribution is -0.386. The topological polar surface area (TPSA) is 123 Å². The van der Waals surface area contributed by atoms with Crippen molar-refractivity contribution < 1.29 is 9.66 Å². The number of hydrogen-bond acceptors (Lipinski definition) is 7. The number of benzene rings is 3. The lowest BCUT2D eigenvalue weighted by Crippen LogP contribution is -2.25. The molecule has 0 spiro atoms. The maximum atomic E-state index is 13.6. The molecule has 0 atom stereocenters. The maximum Gasteiger partial charge on any atom is 0.312 e. The van der Waals surface area contributed by atoms with Crippen molar-refractivity contribution in [1.29, 1.82) is 5.26 Å². The van der Waals surface area contributed by atoms with Crippen molar-refractivity contribution in [2.24, 2.45) is 5.10 Å². The average molecular weight is 586 g/mol. The highest BCUT2D eigenvalue weighted by molar-refractivity contribution is 9.10. The van der Waals surface area contributed by atoms with Gasteiger partial charge in [0, 0.05) is 27.6 Å². The van der Waals surface area contributed by atoms with Crippen LogP contribution < -0.4 is 10.3 Å². The maximum absolute atomic E-state index is 13.6. The molecular formula is C29H24BrN5O4. The van der Waals surface area contributed by atoms with Gasteiger partial charge in [-0.3, -0.25) is 14.9 Å². The first kappa shape index (κ1) is 26.3. The fourth-order valence-corrected chi connectivity index (χ4v) is 5.35. The quantitative estimate of drug-likeness (QED) is 0.139. The number of halogens is 1. The monoisotopic (exact) mass is 585 g/mol. The molecule has 0 radical (unpaired) electrons. The Morgan fingerprint density at radius 2 is 1.90 bits per heavy atom. The Morgan fingerprint density at radius 3 is 2.67 bits per heavy atom. The Hall–Kier alpha value is -4.36. The summed E-state index contributed by atoms with van der Waals surface area (Å²) in [5.41, 5.74) is 1.37. The molecule has 1 aromatic heterocycles. The van der Waals surface area contributed by atoms with E-state index in [1.54, 1.807) is 42.5 Å². The van der Waals surface area contributed by atoms with Gasteiger partial charge < -0.3 is 4.74 Å². The van der Waals surface area contributed by atoms with Gasteiger partial charge in [0.15, 0.2) is 0 Å². The van der Waals surface area contributed by atoms with Gasteiger partial charge in [0.2, 0.25) is 5.75 Å². The van der Waals surface area contributed by atoms with E-state index >= 15 is 0 Å². The Bertz CT molecular complexity index is 1690. The summed E-state index contributed by atoms with van der Waals surface area (Å²) in [7, 11) is 0. The van der Waals surface area contributed by atoms with Crippen LogP contribution in [0.3, 0.4) is 0 Å². The van der Waals surface area contributed by atoms with Gasteiger partial charge in [0.05, 0.1) is 33.7 Å². The highest BCUT2D eigenvalue weighted by Crippen LogP contribution is 2.35. The molecule has 0 bridgehead atoms. The van der Waals surface area contributed by atoms with Crippen LogP contribution in [0.2, 0.25) is 0 Å². The second-order valence-corrected chi connectivity index (χ2v) is 10.3. The van der Waals surface area contributed by atoms with Crippen molar-refractivity contribution >= 4 is 38.7 Å². The number of nitro groups is 1. The van der Waals surface area contributed by atoms with Crippen molar-refractivity contribution in [3.8, 4) is 11.8 Å². The minimum Gasteiger partial charge on any atom is -0.481 e. The van der Waals surface area contributed by atoms with E-state index in [1.807, 2.05) is 12.1 Å². The number of para-hydroxylation sites is 1. The smallest absolute Gasteiger partial charge is 0.312 e. The van der Waals surface area contributed by atoms with E-state index in [4.69, 9.17) is 9.72 Å². The lowest BCUT2D eigenvalue weighted by Gasteiger charge is -2.22. The number of ether oxygens (including phenoxy) is 1. The SMILES string of the molecule is N#Cc1ccccc1COc1c(C=Nn2c(C3CCCCC3)nc3ccccc3c2=O)cc(Br)cc1[N+](=O)[O-]. The first-order valence-corrected chi connectivity index (χ1v) is 13.4. The third-order valence-corrected chi connectivity index (χ3v) is 7.29. The molecule has 1 fully saturated rings. The van der Waals surface area contributed by atoms with E-state index in [2.05, 4.69) is 27.1 Å². The number of nitro benzene ring substituents is 1. The van der Waals surface area contributed by atoms with Gasteiger partial charge in [-0.2, -0.15) is 15.0 Å². The zero-order chi connectivity index (χ0) is 27.4. The van der Waals surface area contributed by atoms with Crippen LogP contribution in [0.25, 0.3) is 10.9 Å². The van der Waals surface area contributed by atoms with Gasteiger partial charge in [0.1, 0.15) is 12.4 Å². The fourth-order valence-electron chi connectivity index (χ4n) is 4.89. The van der Waals surface area contributed by atoms with Gasteiger partial charge in [-0.05, 0) is 37.1 Å². The van der Waals surface area contributed by atoms with E-state index in [-0.39, 0.29) is 29.5 Å². The molecule has 196 valence electrons. The third-order valence-electron chi connectivity index (χ3n) is 6.83. The molecule has 0 saturated heterocycles. The van der Waals surface area contributed by atoms with Crippen molar-refractivity contribution in [3.63, 3.8) is 0 Å². The van der Waals surface area contributed by atoms with Crippen LogP contribution in [0.1, 0.15) is 60.5 Å². The van der Waals surface area contributed by atoms with E-state index < -0.39 is 4.92 Å². The molecule has 4 aromatic rings. The van der Waals surface area contributed by atoms with Crippen LogP contribution in [-0.2, 0) is 6.61 Å². The molecule has 0 N–H and O–H groups in total. The summed E-state index contributed by atoms with van der Waals surface area (Å²) in [4.78, 5) is 29.8. The van der Waals surface area contributed by atoms with Gasteiger partial charge in [0.25, 0.3) is 5.56 Å². The Kier molecular flexibility index (Phi) is 7.79. The minimum atomic E-state index is -0.537. The highest BCUT2D eigenvalue weighted by atomic mass is 79.9. The van der Waals surface area contributed by atoms with Crippen LogP contribution in [0.4, 0.5) is 5.69 Å². The molecule has 3 aromatic carbocycles. The summed E-state index contributed by atoms with van der Waals surface area (Å²) in [5, 5.41) is 26.3. The average Bonchev–Trinajstić information content (AvgIpc) is 2.96. The van der Waals surface area contributed by atoms with Gasteiger partial charge >= 0.3 is 5.69 Å². The molecule has 1 aliphatic rings. The molecule has 1 heterocycles. The summed E-state index contributed by atoms with van der Waals surface area (Å²) in [6.07, 6.45) is 6.47. The van der Waals surface area contributed by atoms with E-state index in [1.165, 1.54) is 17.0 Å². The van der Waals surface area contributed by atoms with E-state index in [0.717, 1.165) is 32.1 Å². The van der Waals surface area contributed by atoms with Crippen molar-refractivity contribution in [3.05, 3.63) is 108 Å². The summed E-state index contributed by atoms with van der Waals surface area (Å²) >= 11 is 3.34. The van der Waals surface area contributed by atoms with Gasteiger partial charge in [-0.25, -0.2) is 4.98 Å². The molecule has 39 heavy (non-hydrogen) atoms. The Morgan fingerprint density at radius 1 is 1.15 bits per heavy atom. The van der Waals surface area contributed by atoms with Crippen LogP contribution in [-0.4, -0.2) is 20.8 Å². The molecule has 0 amide bonds. The van der Waals surface area contributed by atoms with Crippen molar-refractivity contribution in [2.45, 2.75) is 44.6 Å². The molecule has 5 rings (SSSR count). The number of nitrogens with zero attached hydrogens (tertiary/aromatic N) is 5. The number of hydrogen-bond donors (Lipinski definition) is 0. The standard InChI is InChI=1S/C29H24BrN5O4/c30-23-14-22(27(26(15-23)35(37)38)39-18-21-11-5-4-10-20(21)16-31)17-32-34-28(19-8-2-1-3-9-19)33-25-13-7-6-12-24(25)29(34)36/h4-7,10-15,17,19H,1-3,8-9,18H2. The van der Waals surface area contributed by atoms with E-state index in [9.17, 15) is 20.2 Å². The van der Waals surface area contributed by atoms with Gasteiger partial charge in [-0.15, -0.1) is 0 Å².